The second-order valence-corrected chi connectivity index (χ2v) is 6.09. The largest absolute Gasteiger partial charge is 0.341 e. The number of nitrogens with zero attached hydrogens (tertiary/aromatic N) is 1. The molecule has 0 aliphatic carbocycles. The molecule has 1 heterocycles. The number of urea groups is 1. The van der Waals surface area contributed by atoms with Gasteiger partial charge in [-0.15, -0.1) is 0 Å². The predicted molar refractivity (Wildman–Crippen MR) is 86.3 cm³/mol. The maximum absolute atomic E-state index is 13.9. The molecule has 1 aliphatic heterocycles. The number of hydrogen-bond acceptors (Lipinski definition) is 2. The zero-order valence-corrected chi connectivity index (χ0v) is 13.9. The number of hydrogen-bond donors (Lipinski definition) is 2. The van der Waals surface area contributed by atoms with Gasteiger partial charge in [-0.25, -0.2) is 13.6 Å². The molecule has 0 aromatic heterocycles. The summed E-state index contributed by atoms with van der Waals surface area (Å²) >= 11 is 0. The van der Waals surface area contributed by atoms with Crippen molar-refractivity contribution in [3.63, 3.8) is 0 Å². The van der Waals surface area contributed by atoms with Gasteiger partial charge in [0.1, 0.15) is 11.6 Å². The minimum Gasteiger partial charge on any atom is -0.341 e. The highest BCUT2D eigenvalue weighted by Gasteiger charge is 2.23. The monoisotopic (exact) mass is 339 g/mol. The van der Waals surface area contributed by atoms with Gasteiger partial charge in [0.2, 0.25) is 5.91 Å². The van der Waals surface area contributed by atoms with Gasteiger partial charge in [-0.05, 0) is 38.0 Å². The van der Waals surface area contributed by atoms with Crippen molar-refractivity contribution in [3.05, 3.63) is 35.4 Å². The van der Waals surface area contributed by atoms with Gasteiger partial charge in [-0.2, -0.15) is 0 Å². The van der Waals surface area contributed by atoms with E-state index in [0.717, 1.165) is 24.6 Å². The molecule has 2 N–H and O–H groups in total. The molecule has 2 rings (SSSR count). The lowest BCUT2D eigenvalue weighted by Crippen LogP contribution is -2.47. The number of halogens is 2. The first-order valence-electron chi connectivity index (χ1n) is 8.20. The van der Waals surface area contributed by atoms with Crippen LogP contribution in [0.3, 0.4) is 0 Å². The van der Waals surface area contributed by atoms with E-state index in [2.05, 4.69) is 10.6 Å². The van der Waals surface area contributed by atoms with Crippen LogP contribution >= 0.6 is 0 Å². The van der Waals surface area contributed by atoms with Gasteiger partial charge in [0.05, 0.1) is 6.04 Å². The molecule has 24 heavy (non-hydrogen) atoms. The van der Waals surface area contributed by atoms with E-state index in [9.17, 15) is 18.4 Å². The number of likely N-dealkylation sites (tertiary alicyclic amines) is 1. The molecule has 5 nitrogen and oxygen atoms in total. The summed E-state index contributed by atoms with van der Waals surface area (Å²) in [7, 11) is 0. The van der Waals surface area contributed by atoms with Gasteiger partial charge in [0.15, 0.2) is 0 Å². The summed E-state index contributed by atoms with van der Waals surface area (Å²) in [6.07, 6.45) is 1.82. The minimum atomic E-state index is -0.624. The van der Waals surface area contributed by atoms with Crippen LogP contribution in [0.4, 0.5) is 13.6 Å². The lowest BCUT2D eigenvalue weighted by molar-refractivity contribution is -0.127. The molecular formula is C17H23F2N3O2. The van der Waals surface area contributed by atoms with E-state index in [1.54, 1.807) is 18.7 Å². The summed E-state index contributed by atoms with van der Waals surface area (Å²) in [5, 5.41) is 5.39. The van der Waals surface area contributed by atoms with Crippen LogP contribution in [0.2, 0.25) is 0 Å². The van der Waals surface area contributed by atoms with E-state index >= 15 is 0 Å². The van der Waals surface area contributed by atoms with Gasteiger partial charge in [0, 0.05) is 31.1 Å². The van der Waals surface area contributed by atoms with Crippen molar-refractivity contribution in [2.45, 2.75) is 45.2 Å². The van der Waals surface area contributed by atoms with Crippen molar-refractivity contribution >= 4 is 11.9 Å². The first-order chi connectivity index (χ1) is 11.4. The van der Waals surface area contributed by atoms with Crippen molar-refractivity contribution in [2.75, 3.05) is 13.1 Å². The molecule has 1 aromatic carbocycles. The van der Waals surface area contributed by atoms with Gasteiger partial charge in [0.25, 0.3) is 0 Å². The minimum absolute atomic E-state index is 0.0947. The molecule has 0 unspecified atom stereocenters. The van der Waals surface area contributed by atoms with E-state index in [-0.39, 0.29) is 17.5 Å². The molecule has 0 bridgehead atoms. The Kier molecular flexibility index (Phi) is 6.11. The standard InChI is InChI=1S/C17H23F2N3O2/c1-3-15(13-9-12(18)6-7-14(13)19)21-17(24)20-11(2)10-22-8-4-5-16(22)23/h6-7,9,11,15H,3-5,8,10H2,1-2H3,(H2,20,21,24)/t11-,15-/m1/s1. The van der Waals surface area contributed by atoms with Crippen molar-refractivity contribution in [1.29, 1.82) is 0 Å². The molecule has 2 atom stereocenters. The quantitative estimate of drug-likeness (QED) is 0.837. The highest BCUT2D eigenvalue weighted by Crippen LogP contribution is 2.21. The molecule has 1 aromatic rings. The number of carbonyl (C=O) groups excluding carboxylic acids is 2. The highest BCUT2D eigenvalue weighted by atomic mass is 19.1. The maximum atomic E-state index is 13.9. The summed E-state index contributed by atoms with van der Waals surface area (Å²) in [6.45, 7) is 4.73. The third kappa shape index (κ3) is 4.66. The normalized spacial score (nSPS) is 16.8. The average Bonchev–Trinajstić information content (AvgIpc) is 2.92. The summed E-state index contributed by atoms with van der Waals surface area (Å²) in [5.41, 5.74) is 0.120. The van der Waals surface area contributed by atoms with Crippen LogP contribution in [-0.2, 0) is 4.79 Å². The number of benzene rings is 1. The van der Waals surface area contributed by atoms with Crippen molar-refractivity contribution < 1.29 is 18.4 Å². The summed E-state index contributed by atoms with van der Waals surface area (Å²) in [6, 6.07) is 1.86. The fourth-order valence-corrected chi connectivity index (χ4v) is 2.88. The fraction of sp³-hybridized carbons (Fsp3) is 0.529. The zero-order valence-electron chi connectivity index (χ0n) is 13.9. The number of amides is 3. The van der Waals surface area contributed by atoms with E-state index in [1.807, 2.05) is 0 Å². The predicted octanol–water partition coefficient (Wildman–Crippen LogP) is 2.73. The van der Waals surface area contributed by atoms with Crippen LogP contribution in [0.25, 0.3) is 0 Å². The van der Waals surface area contributed by atoms with Crippen molar-refractivity contribution in [2.24, 2.45) is 0 Å². The first-order valence-corrected chi connectivity index (χ1v) is 8.20. The molecule has 132 valence electrons. The molecule has 1 saturated heterocycles. The summed E-state index contributed by atoms with van der Waals surface area (Å²) < 4.78 is 27.2. The Morgan fingerprint density at radius 3 is 2.71 bits per heavy atom. The Hall–Kier alpha value is -2.18. The Bertz CT molecular complexity index is 609. The topological polar surface area (TPSA) is 61.4 Å². The van der Waals surface area contributed by atoms with E-state index in [0.29, 0.717) is 25.9 Å². The first kappa shape index (κ1) is 18.2. The average molecular weight is 339 g/mol. The van der Waals surface area contributed by atoms with Crippen molar-refractivity contribution in [1.82, 2.24) is 15.5 Å². The lowest BCUT2D eigenvalue weighted by Gasteiger charge is -2.24. The Morgan fingerprint density at radius 1 is 1.33 bits per heavy atom. The Balaban J connectivity index is 1.91. The smallest absolute Gasteiger partial charge is 0.315 e. The molecule has 1 aliphatic rings. The SMILES string of the molecule is CC[C@@H](NC(=O)N[C@H](C)CN1CCCC1=O)c1cc(F)ccc1F. The van der Waals surface area contributed by atoms with Gasteiger partial charge < -0.3 is 15.5 Å². The lowest BCUT2D eigenvalue weighted by atomic mass is 10.0. The third-order valence-corrected chi connectivity index (χ3v) is 4.09. The number of carbonyl (C=O) groups is 2. The fourth-order valence-electron chi connectivity index (χ4n) is 2.88. The molecule has 0 spiro atoms. The molecule has 0 saturated carbocycles. The van der Waals surface area contributed by atoms with Crippen molar-refractivity contribution in [3.8, 4) is 0 Å². The molecule has 0 radical (unpaired) electrons. The number of rotatable bonds is 6. The van der Waals surface area contributed by atoms with Crippen LogP contribution in [-0.4, -0.2) is 36.0 Å². The second kappa shape index (κ2) is 8.08. The zero-order chi connectivity index (χ0) is 17.7. The summed E-state index contributed by atoms with van der Waals surface area (Å²) in [4.78, 5) is 25.4. The molecule has 3 amide bonds. The van der Waals surface area contributed by atoms with Crippen LogP contribution in [0.5, 0.6) is 0 Å². The Morgan fingerprint density at radius 2 is 2.08 bits per heavy atom. The van der Waals surface area contributed by atoms with Crippen LogP contribution in [0.15, 0.2) is 18.2 Å². The molecule has 1 fully saturated rings. The highest BCUT2D eigenvalue weighted by molar-refractivity contribution is 5.78. The Labute approximate surface area is 140 Å². The van der Waals surface area contributed by atoms with Crippen LogP contribution < -0.4 is 10.6 Å². The van der Waals surface area contributed by atoms with Gasteiger partial charge in [-0.3, -0.25) is 4.79 Å². The van der Waals surface area contributed by atoms with E-state index < -0.39 is 23.7 Å². The van der Waals surface area contributed by atoms with Crippen LogP contribution in [0, 0.1) is 11.6 Å². The summed E-state index contributed by atoms with van der Waals surface area (Å²) in [5.74, 6) is -1.01. The van der Waals surface area contributed by atoms with E-state index in [4.69, 9.17) is 0 Å². The van der Waals surface area contributed by atoms with Crippen LogP contribution in [0.1, 0.15) is 44.7 Å². The third-order valence-electron chi connectivity index (χ3n) is 4.09. The maximum Gasteiger partial charge on any atom is 0.315 e. The second-order valence-electron chi connectivity index (χ2n) is 6.09. The molecular weight excluding hydrogens is 316 g/mol. The molecule has 7 heteroatoms. The van der Waals surface area contributed by atoms with E-state index in [1.165, 1.54) is 0 Å². The van der Waals surface area contributed by atoms with Gasteiger partial charge in [-0.1, -0.05) is 6.92 Å². The number of nitrogens with one attached hydrogen (secondary N) is 2. The van der Waals surface area contributed by atoms with Gasteiger partial charge >= 0.3 is 6.03 Å².